The minimum atomic E-state index is 0.463. The number of nitrogens with zero attached hydrogens (tertiary/aromatic N) is 3. The number of hydrogen-bond acceptors (Lipinski definition) is 4. The molecule has 0 bridgehead atoms. The Balaban J connectivity index is 1.94. The number of aromatic nitrogens is 2. The van der Waals surface area contributed by atoms with Gasteiger partial charge in [-0.2, -0.15) is 5.26 Å². The number of fused-ring (bicyclic) bond motifs is 1. The molecule has 0 spiro atoms. The Bertz CT molecular complexity index is 1020. The molecule has 1 heterocycles. The van der Waals surface area contributed by atoms with Crippen LogP contribution in [-0.4, -0.2) is 22.8 Å². The second-order valence-corrected chi connectivity index (χ2v) is 7.00. The van der Waals surface area contributed by atoms with Crippen LogP contribution in [0.4, 0.5) is 0 Å². The van der Waals surface area contributed by atoms with Crippen molar-refractivity contribution in [1.82, 2.24) is 9.55 Å². The SMILES string of the molecule is CCOc1cc(/C=C(/C#N)Cn2cnc3ccccc32)cc(I)c1OCC. The number of nitriles is 1. The summed E-state index contributed by atoms with van der Waals surface area (Å²) in [5.74, 6) is 1.44. The summed E-state index contributed by atoms with van der Waals surface area (Å²) in [4.78, 5) is 4.39. The van der Waals surface area contributed by atoms with Crippen molar-refractivity contribution >= 4 is 39.7 Å². The van der Waals surface area contributed by atoms with Crippen molar-refractivity contribution in [3.63, 3.8) is 0 Å². The number of benzene rings is 2. The molecule has 0 unspecified atom stereocenters. The summed E-state index contributed by atoms with van der Waals surface area (Å²) >= 11 is 2.24. The molecule has 2 aromatic carbocycles. The monoisotopic (exact) mass is 473 g/mol. The molecule has 3 aromatic rings. The van der Waals surface area contributed by atoms with Gasteiger partial charge in [0, 0.05) is 5.57 Å². The lowest BCUT2D eigenvalue weighted by Gasteiger charge is -2.14. The molecule has 5 nitrogen and oxygen atoms in total. The third-order valence-corrected chi connectivity index (χ3v) is 4.77. The average Bonchev–Trinajstić information content (AvgIpc) is 3.07. The minimum Gasteiger partial charge on any atom is -0.490 e. The third kappa shape index (κ3) is 4.42. The molecule has 0 radical (unpaired) electrons. The molecule has 0 saturated carbocycles. The van der Waals surface area contributed by atoms with Gasteiger partial charge >= 0.3 is 0 Å². The fraction of sp³-hybridized carbons (Fsp3) is 0.238. The minimum absolute atomic E-state index is 0.463. The predicted octanol–water partition coefficient (Wildman–Crippen LogP) is 5.05. The maximum Gasteiger partial charge on any atom is 0.174 e. The van der Waals surface area contributed by atoms with Gasteiger partial charge in [0.2, 0.25) is 0 Å². The van der Waals surface area contributed by atoms with Crippen molar-refractivity contribution in [3.8, 4) is 17.6 Å². The number of halogens is 1. The fourth-order valence-corrected chi connectivity index (χ4v) is 3.63. The molecule has 27 heavy (non-hydrogen) atoms. The largest absolute Gasteiger partial charge is 0.490 e. The summed E-state index contributed by atoms with van der Waals surface area (Å²) in [6.07, 6.45) is 3.65. The highest BCUT2D eigenvalue weighted by Gasteiger charge is 2.12. The zero-order valence-electron chi connectivity index (χ0n) is 15.3. The van der Waals surface area contributed by atoms with E-state index in [1.54, 1.807) is 6.33 Å². The molecule has 1 aromatic heterocycles. The third-order valence-electron chi connectivity index (χ3n) is 3.97. The average molecular weight is 473 g/mol. The van der Waals surface area contributed by atoms with Crippen LogP contribution in [0.2, 0.25) is 0 Å². The molecule has 0 N–H and O–H groups in total. The van der Waals surface area contributed by atoms with Crippen LogP contribution in [0.25, 0.3) is 17.1 Å². The standard InChI is InChI=1S/C21H20IN3O2/c1-3-26-20-11-15(10-17(22)21(20)27-4-2)9-16(12-23)13-25-14-24-18-7-5-6-8-19(18)25/h5-11,14H,3-4,13H2,1-2H3/b16-9-. The van der Waals surface area contributed by atoms with Crippen molar-refractivity contribution in [1.29, 1.82) is 5.26 Å². The molecule has 6 heteroatoms. The Morgan fingerprint density at radius 1 is 1.22 bits per heavy atom. The second-order valence-electron chi connectivity index (χ2n) is 5.84. The van der Waals surface area contributed by atoms with Crippen LogP contribution < -0.4 is 9.47 Å². The van der Waals surface area contributed by atoms with Crippen LogP contribution >= 0.6 is 22.6 Å². The first-order chi connectivity index (χ1) is 13.2. The summed E-state index contributed by atoms with van der Waals surface area (Å²) in [6, 6.07) is 14.1. The van der Waals surface area contributed by atoms with Gasteiger partial charge in [0.25, 0.3) is 0 Å². The summed E-state index contributed by atoms with van der Waals surface area (Å²) in [6.45, 7) is 5.47. The van der Waals surface area contributed by atoms with Crippen molar-refractivity contribution in [2.45, 2.75) is 20.4 Å². The molecular formula is C21H20IN3O2. The summed E-state index contributed by atoms with van der Waals surface area (Å²) in [5, 5.41) is 9.63. The highest BCUT2D eigenvalue weighted by atomic mass is 127. The van der Waals surface area contributed by atoms with Crippen molar-refractivity contribution in [2.75, 3.05) is 13.2 Å². The van der Waals surface area contributed by atoms with Gasteiger partial charge in [-0.25, -0.2) is 4.98 Å². The lowest BCUT2D eigenvalue weighted by atomic mass is 10.1. The number of rotatable bonds is 7. The van der Waals surface area contributed by atoms with E-state index in [4.69, 9.17) is 9.47 Å². The predicted molar refractivity (Wildman–Crippen MR) is 115 cm³/mol. The number of para-hydroxylation sites is 2. The van der Waals surface area contributed by atoms with Crippen LogP contribution in [0.3, 0.4) is 0 Å². The zero-order chi connectivity index (χ0) is 19.2. The van der Waals surface area contributed by atoms with Gasteiger partial charge in [-0.15, -0.1) is 0 Å². The molecule has 0 amide bonds. The quantitative estimate of drug-likeness (QED) is 0.356. The number of imidazole rings is 1. The Kier molecular flexibility index (Phi) is 6.35. The van der Waals surface area contributed by atoms with E-state index in [1.807, 2.05) is 60.9 Å². The number of hydrogen-bond donors (Lipinski definition) is 0. The zero-order valence-corrected chi connectivity index (χ0v) is 17.4. The van der Waals surface area contributed by atoms with Gasteiger partial charge in [0.1, 0.15) is 0 Å². The van der Waals surface area contributed by atoms with E-state index in [0.29, 0.717) is 31.1 Å². The number of allylic oxidation sites excluding steroid dienone is 1. The van der Waals surface area contributed by atoms with Gasteiger partial charge in [-0.1, -0.05) is 12.1 Å². The molecule has 3 rings (SSSR count). The second kappa shape index (κ2) is 8.91. The normalized spacial score (nSPS) is 11.4. The van der Waals surface area contributed by atoms with E-state index < -0.39 is 0 Å². The Morgan fingerprint density at radius 3 is 2.74 bits per heavy atom. The van der Waals surface area contributed by atoms with Gasteiger partial charge in [0.05, 0.1) is 46.8 Å². The van der Waals surface area contributed by atoms with Gasteiger partial charge in [-0.05, 0) is 72.3 Å². The van der Waals surface area contributed by atoms with E-state index in [2.05, 4.69) is 33.6 Å². The first kappa shape index (κ1) is 19.2. The highest BCUT2D eigenvalue weighted by Crippen LogP contribution is 2.35. The topological polar surface area (TPSA) is 60.1 Å². The number of ether oxygens (including phenoxy) is 2. The lowest BCUT2D eigenvalue weighted by Crippen LogP contribution is -2.01. The Labute approximate surface area is 172 Å². The lowest BCUT2D eigenvalue weighted by molar-refractivity contribution is 0.286. The van der Waals surface area contributed by atoms with Crippen LogP contribution in [0.15, 0.2) is 48.3 Å². The molecule has 138 valence electrons. The molecule has 0 saturated heterocycles. The van der Waals surface area contributed by atoms with E-state index >= 15 is 0 Å². The first-order valence-electron chi connectivity index (χ1n) is 8.76. The van der Waals surface area contributed by atoms with Crippen LogP contribution in [0, 0.1) is 14.9 Å². The van der Waals surface area contributed by atoms with Crippen molar-refractivity contribution in [2.24, 2.45) is 0 Å². The molecular weight excluding hydrogens is 453 g/mol. The summed E-state index contributed by atoms with van der Waals surface area (Å²) < 4.78 is 14.4. The van der Waals surface area contributed by atoms with Crippen molar-refractivity contribution in [3.05, 3.63) is 57.4 Å². The molecule has 0 atom stereocenters. The van der Waals surface area contributed by atoms with Crippen molar-refractivity contribution < 1.29 is 9.47 Å². The summed E-state index contributed by atoms with van der Waals surface area (Å²) in [5.41, 5.74) is 3.48. The van der Waals surface area contributed by atoms with E-state index in [9.17, 15) is 5.26 Å². The smallest absolute Gasteiger partial charge is 0.174 e. The maximum atomic E-state index is 9.63. The molecule has 0 aliphatic heterocycles. The van der Waals surface area contributed by atoms with E-state index in [0.717, 1.165) is 25.9 Å². The van der Waals surface area contributed by atoms with Crippen LogP contribution in [0.1, 0.15) is 19.4 Å². The molecule has 0 fully saturated rings. The van der Waals surface area contributed by atoms with Gasteiger partial charge < -0.3 is 14.0 Å². The maximum absolute atomic E-state index is 9.63. The van der Waals surface area contributed by atoms with E-state index in [-0.39, 0.29) is 0 Å². The van der Waals surface area contributed by atoms with E-state index in [1.165, 1.54) is 0 Å². The Morgan fingerprint density at radius 2 is 2.00 bits per heavy atom. The van der Waals surface area contributed by atoms with Gasteiger partial charge in [0.15, 0.2) is 11.5 Å². The van der Waals surface area contributed by atoms with Gasteiger partial charge in [-0.3, -0.25) is 0 Å². The molecule has 0 aliphatic rings. The Hall–Kier alpha value is -2.53. The summed E-state index contributed by atoms with van der Waals surface area (Å²) in [7, 11) is 0. The van der Waals surface area contributed by atoms with Crippen LogP contribution in [0.5, 0.6) is 11.5 Å². The van der Waals surface area contributed by atoms with Crippen LogP contribution in [-0.2, 0) is 6.54 Å². The fourth-order valence-electron chi connectivity index (χ4n) is 2.85. The molecule has 0 aliphatic carbocycles. The highest BCUT2D eigenvalue weighted by molar-refractivity contribution is 14.1. The first-order valence-corrected chi connectivity index (χ1v) is 9.83.